The molecule has 0 aliphatic heterocycles. The van der Waals surface area contributed by atoms with Crippen molar-refractivity contribution in [2.24, 2.45) is 11.3 Å². The lowest BCUT2D eigenvalue weighted by atomic mass is 10.1. The number of nitrogens with zero attached hydrogens (tertiary/aromatic N) is 1. The summed E-state index contributed by atoms with van der Waals surface area (Å²) in [6, 6.07) is 0. The highest BCUT2D eigenvalue weighted by Gasteiger charge is 2.36. The molecule has 0 spiro atoms. The molecule has 2 aliphatic rings. The molecule has 0 radical (unpaired) electrons. The summed E-state index contributed by atoms with van der Waals surface area (Å²) in [5, 5.41) is 0. The van der Waals surface area contributed by atoms with E-state index in [9.17, 15) is 0 Å². The number of hydrogen-bond donors (Lipinski definition) is 0. The van der Waals surface area contributed by atoms with E-state index in [0.29, 0.717) is 0 Å². The predicted octanol–water partition coefficient (Wildman–Crippen LogP) is 2.52. The van der Waals surface area contributed by atoms with Gasteiger partial charge >= 0.3 is 0 Å². The Balaban J connectivity index is 1.58. The fourth-order valence-electron chi connectivity index (χ4n) is 1.76. The highest BCUT2D eigenvalue weighted by atomic mass is 15.1. The minimum atomic E-state index is 0.748. The van der Waals surface area contributed by atoms with Gasteiger partial charge in [-0.15, -0.1) is 0 Å². The quantitative estimate of drug-likeness (QED) is 0.608. The molecule has 2 fully saturated rings. The normalized spacial score (nSPS) is 26.2. The molecule has 0 heterocycles. The summed E-state index contributed by atoms with van der Waals surface area (Å²) >= 11 is 0. The van der Waals surface area contributed by atoms with Crippen LogP contribution < -0.4 is 0 Å². The Labute approximate surface area is 76.1 Å². The molecule has 0 aromatic rings. The average Bonchev–Trinajstić information content (AvgIpc) is 2.87. The maximum absolute atomic E-state index is 2.53. The molecule has 0 saturated heterocycles. The smallest absolute Gasteiger partial charge is 0.000661 e. The first-order valence-corrected chi connectivity index (χ1v) is 5.37. The largest absolute Gasteiger partial charge is 0.306 e. The monoisotopic (exact) mass is 167 g/mol. The van der Waals surface area contributed by atoms with E-state index in [1.165, 1.54) is 45.2 Å². The summed E-state index contributed by atoms with van der Waals surface area (Å²) in [5.41, 5.74) is 0.748. The zero-order chi connectivity index (χ0) is 8.60. The SMILES string of the molecule is CN(CCC1(C)CC1)CC1CC1. The van der Waals surface area contributed by atoms with Gasteiger partial charge in [0.25, 0.3) is 0 Å². The minimum absolute atomic E-state index is 0.748. The molecular formula is C11H21N. The second-order valence-electron chi connectivity index (χ2n) is 5.27. The fourth-order valence-corrected chi connectivity index (χ4v) is 1.76. The Morgan fingerprint density at radius 1 is 1.33 bits per heavy atom. The lowest BCUT2D eigenvalue weighted by Crippen LogP contribution is -2.23. The third kappa shape index (κ3) is 2.48. The van der Waals surface area contributed by atoms with E-state index in [1.807, 2.05) is 0 Å². The Bertz CT molecular complexity index is 156. The molecule has 1 nitrogen and oxygen atoms in total. The number of rotatable bonds is 5. The molecule has 0 amide bonds. The first kappa shape index (κ1) is 8.55. The topological polar surface area (TPSA) is 3.24 Å². The summed E-state index contributed by atoms with van der Waals surface area (Å²) in [5.74, 6) is 1.06. The standard InChI is InChI=1S/C11H21N/c1-11(5-6-11)7-8-12(2)9-10-3-4-10/h10H,3-9H2,1-2H3. The Hall–Kier alpha value is -0.0400. The molecule has 0 aromatic carbocycles. The first-order chi connectivity index (χ1) is 5.68. The molecule has 0 aromatic heterocycles. The van der Waals surface area contributed by atoms with Crippen LogP contribution in [0.2, 0.25) is 0 Å². The van der Waals surface area contributed by atoms with Gasteiger partial charge in [-0.3, -0.25) is 0 Å². The van der Waals surface area contributed by atoms with Gasteiger partial charge < -0.3 is 4.90 Å². The van der Waals surface area contributed by atoms with Crippen molar-refractivity contribution in [2.45, 2.75) is 39.0 Å². The van der Waals surface area contributed by atoms with Crippen molar-refractivity contribution >= 4 is 0 Å². The molecule has 2 saturated carbocycles. The van der Waals surface area contributed by atoms with Crippen LogP contribution in [0.25, 0.3) is 0 Å². The minimum Gasteiger partial charge on any atom is -0.306 e. The van der Waals surface area contributed by atoms with E-state index in [2.05, 4.69) is 18.9 Å². The molecule has 1 heteroatoms. The van der Waals surface area contributed by atoms with Crippen molar-refractivity contribution in [1.82, 2.24) is 4.90 Å². The van der Waals surface area contributed by atoms with Gasteiger partial charge in [0.15, 0.2) is 0 Å². The van der Waals surface area contributed by atoms with Gasteiger partial charge in [-0.25, -0.2) is 0 Å². The van der Waals surface area contributed by atoms with Crippen LogP contribution in [0.4, 0.5) is 0 Å². The van der Waals surface area contributed by atoms with Gasteiger partial charge in [0.2, 0.25) is 0 Å². The highest BCUT2D eigenvalue weighted by Crippen LogP contribution is 2.48. The molecule has 0 N–H and O–H groups in total. The molecule has 70 valence electrons. The van der Waals surface area contributed by atoms with Crippen molar-refractivity contribution < 1.29 is 0 Å². The van der Waals surface area contributed by atoms with E-state index in [0.717, 1.165) is 11.3 Å². The molecule has 0 bridgehead atoms. The second-order valence-corrected chi connectivity index (χ2v) is 5.27. The predicted molar refractivity (Wildman–Crippen MR) is 52.2 cm³/mol. The third-order valence-electron chi connectivity index (χ3n) is 3.47. The average molecular weight is 167 g/mol. The van der Waals surface area contributed by atoms with Gasteiger partial charge in [-0.1, -0.05) is 6.92 Å². The van der Waals surface area contributed by atoms with Crippen LogP contribution in [0, 0.1) is 11.3 Å². The van der Waals surface area contributed by atoms with Crippen LogP contribution in [-0.2, 0) is 0 Å². The molecular weight excluding hydrogens is 146 g/mol. The molecule has 12 heavy (non-hydrogen) atoms. The zero-order valence-corrected chi connectivity index (χ0v) is 8.47. The van der Waals surface area contributed by atoms with Crippen LogP contribution in [0.15, 0.2) is 0 Å². The lowest BCUT2D eigenvalue weighted by molar-refractivity contribution is 0.289. The molecule has 0 unspecified atom stereocenters. The summed E-state index contributed by atoms with van der Waals surface area (Å²) in [6.45, 7) is 5.11. The first-order valence-electron chi connectivity index (χ1n) is 5.37. The van der Waals surface area contributed by atoms with Crippen LogP contribution in [-0.4, -0.2) is 25.0 Å². The van der Waals surface area contributed by atoms with E-state index >= 15 is 0 Å². The van der Waals surface area contributed by atoms with Crippen LogP contribution in [0.1, 0.15) is 39.0 Å². The van der Waals surface area contributed by atoms with E-state index in [1.54, 1.807) is 0 Å². The van der Waals surface area contributed by atoms with Crippen LogP contribution in [0.3, 0.4) is 0 Å². The van der Waals surface area contributed by atoms with Crippen molar-refractivity contribution in [3.05, 3.63) is 0 Å². The fraction of sp³-hybridized carbons (Fsp3) is 1.00. The van der Waals surface area contributed by atoms with Crippen molar-refractivity contribution in [3.8, 4) is 0 Å². The van der Waals surface area contributed by atoms with Crippen LogP contribution in [0.5, 0.6) is 0 Å². The van der Waals surface area contributed by atoms with Gasteiger partial charge in [0, 0.05) is 6.54 Å². The molecule has 0 atom stereocenters. The Morgan fingerprint density at radius 2 is 2.00 bits per heavy atom. The Morgan fingerprint density at radius 3 is 2.50 bits per heavy atom. The van der Waals surface area contributed by atoms with Gasteiger partial charge in [-0.2, -0.15) is 0 Å². The summed E-state index contributed by atoms with van der Waals surface area (Å²) < 4.78 is 0. The van der Waals surface area contributed by atoms with E-state index in [4.69, 9.17) is 0 Å². The lowest BCUT2D eigenvalue weighted by Gasteiger charge is -2.18. The van der Waals surface area contributed by atoms with Crippen molar-refractivity contribution in [1.29, 1.82) is 0 Å². The molecule has 2 aliphatic carbocycles. The third-order valence-corrected chi connectivity index (χ3v) is 3.47. The summed E-state index contributed by atoms with van der Waals surface area (Å²) in [4.78, 5) is 2.53. The van der Waals surface area contributed by atoms with E-state index in [-0.39, 0.29) is 0 Å². The highest BCUT2D eigenvalue weighted by molar-refractivity contribution is 4.89. The molecule has 2 rings (SSSR count). The van der Waals surface area contributed by atoms with Crippen molar-refractivity contribution in [3.63, 3.8) is 0 Å². The van der Waals surface area contributed by atoms with Gasteiger partial charge in [-0.05, 0) is 57.0 Å². The summed E-state index contributed by atoms with van der Waals surface area (Å²) in [6.07, 6.45) is 7.36. The van der Waals surface area contributed by atoms with Crippen LogP contribution >= 0.6 is 0 Å². The van der Waals surface area contributed by atoms with E-state index < -0.39 is 0 Å². The maximum atomic E-state index is 2.53. The second kappa shape index (κ2) is 3.02. The maximum Gasteiger partial charge on any atom is 0.000661 e. The van der Waals surface area contributed by atoms with Gasteiger partial charge in [0.1, 0.15) is 0 Å². The van der Waals surface area contributed by atoms with Gasteiger partial charge in [0.05, 0.1) is 0 Å². The Kier molecular flexibility index (Phi) is 2.16. The number of hydrogen-bond acceptors (Lipinski definition) is 1. The van der Waals surface area contributed by atoms with Crippen molar-refractivity contribution in [2.75, 3.05) is 20.1 Å². The summed E-state index contributed by atoms with van der Waals surface area (Å²) in [7, 11) is 2.28. The zero-order valence-electron chi connectivity index (χ0n) is 8.47.